The van der Waals surface area contributed by atoms with Crippen LogP contribution in [0.25, 0.3) is 11.1 Å². The van der Waals surface area contributed by atoms with Crippen LogP contribution in [0.4, 0.5) is 0 Å². The number of ether oxygens (including phenoxy) is 2. The minimum atomic E-state index is -0.520. The summed E-state index contributed by atoms with van der Waals surface area (Å²) < 4.78 is 10.2. The molecule has 186 valence electrons. The standard InChI is InChI=1S/C28H30N4O4/c1-35-25-13-12-22(17-31-25)19-8-10-20(11-9-19)27(33)32-14-4-7-24(32)23(28(34)36-2)16-18-5-3-6-21(15-18)26(29)30/h3,5-6,8-13,15,17,23-24H,4,7,14,16H2,1-2H3,(H3,29,30). The fraction of sp³-hybridized carbons (Fsp3) is 0.286. The van der Waals surface area contributed by atoms with Crippen molar-refractivity contribution < 1.29 is 19.1 Å². The average Bonchev–Trinajstić information content (AvgIpc) is 3.41. The monoisotopic (exact) mass is 486 g/mol. The van der Waals surface area contributed by atoms with Gasteiger partial charge in [0, 0.05) is 41.5 Å². The van der Waals surface area contributed by atoms with Crippen LogP contribution < -0.4 is 10.5 Å². The maximum absolute atomic E-state index is 13.5. The number of amides is 1. The molecule has 2 atom stereocenters. The lowest BCUT2D eigenvalue weighted by Gasteiger charge is -2.30. The molecule has 1 aliphatic heterocycles. The van der Waals surface area contributed by atoms with Crippen molar-refractivity contribution >= 4 is 17.7 Å². The SMILES string of the molecule is COC(=O)C(Cc1cccc(C(=N)N)c1)C1CCCN1C(=O)c1ccc(-c2ccc(OC)nc2)cc1. The molecule has 0 bridgehead atoms. The zero-order valence-corrected chi connectivity index (χ0v) is 20.4. The number of esters is 1. The highest BCUT2D eigenvalue weighted by molar-refractivity contribution is 5.96. The lowest BCUT2D eigenvalue weighted by molar-refractivity contribution is -0.147. The van der Waals surface area contributed by atoms with Crippen LogP contribution in [-0.2, 0) is 16.0 Å². The Morgan fingerprint density at radius 3 is 2.47 bits per heavy atom. The molecular formula is C28H30N4O4. The topological polar surface area (TPSA) is 119 Å². The molecule has 2 unspecified atom stereocenters. The molecule has 2 heterocycles. The maximum Gasteiger partial charge on any atom is 0.311 e. The highest BCUT2D eigenvalue weighted by Crippen LogP contribution is 2.30. The van der Waals surface area contributed by atoms with E-state index in [4.69, 9.17) is 20.6 Å². The molecule has 1 saturated heterocycles. The van der Waals surface area contributed by atoms with Crippen LogP contribution in [0, 0.1) is 11.3 Å². The molecule has 3 N–H and O–H groups in total. The van der Waals surface area contributed by atoms with Gasteiger partial charge in [-0.05, 0) is 54.7 Å². The first kappa shape index (κ1) is 24.9. The van der Waals surface area contributed by atoms with E-state index in [1.807, 2.05) is 36.4 Å². The van der Waals surface area contributed by atoms with E-state index in [0.29, 0.717) is 36.4 Å². The summed E-state index contributed by atoms with van der Waals surface area (Å²) in [4.78, 5) is 32.4. The van der Waals surface area contributed by atoms with Crippen molar-refractivity contribution in [2.24, 2.45) is 11.7 Å². The summed E-state index contributed by atoms with van der Waals surface area (Å²) in [6.07, 6.45) is 3.65. The van der Waals surface area contributed by atoms with Crippen LogP contribution in [0.5, 0.6) is 5.88 Å². The van der Waals surface area contributed by atoms with Crippen LogP contribution in [-0.4, -0.2) is 54.4 Å². The third kappa shape index (κ3) is 5.38. The second kappa shape index (κ2) is 11.0. The highest BCUT2D eigenvalue weighted by Gasteiger charge is 2.39. The Morgan fingerprint density at radius 1 is 1.08 bits per heavy atom. The zero-order valence-electron chi connectivity index (χ0n) is 20.4. The first-order valence-corrected chi connectivity index (χ1v) is 11.8. The second-order valence-electron chi connectivity index (χ2n) is 8.82. The predicted octanol–water partition coefficient (Wildman–Crippen LogP) is 3.68. The largest absolute Gasteiger partial charge is 0.481 e. The van der Waals surface area contributed by atoms with E-state index in [-0.39, 0.29) is 23.8 Å². The normalized spacial score (nSPS) is 15.8. The Labute approximate surface area is 210 Å². The van der Waals surface area contributed by atoms with E-state index < -0.39 is 5.92 Å². The van der Waals surface area contributed by atoms with Crippen LogP contribution >= 0.6 is 0 Å². The van der Waals surface area contributed by atoms with E-state index in [1.165, 1.54) is 7.11 Å². The zero-order chi connectivity index (χ0) is 25.7. The third-order valence-electron chi connectivity index (χ3n) is 6.63. The van der Waals surface area contributed by atoms with Crippen LogP contribution in [0.1, 0.15) is 34.3 Å². The van der Waals surface area contributed by atoms with E-state index in [1.54, 1.807) is 42.5 Å². The number of hydrogen-bond acceptors (Lipinski definition) is 6. The van der Waals surface area contributed by atoms with Gasteiger partial charge in [-0.1, -0.05) is 30.3 Å². The van der Waals surface area contributed by atoms with Crippen molar-refractivity contribution in [2.45, 2.75) is 25.3 Å². The molecule has 36 heavy (non-hydrogen) atoms. The first-order chi connectivity index (χ1) is 17.4. The van der Waals surface area contributed by atoms with Crippen LogP contribution in [0.2, 0.25) is 0 Å². The number of likely N-dealkylation sites (tertiary alicyclic amines) is 1. The fourth-order valence-corrected chi connectivity index (χ4v) is 4.75. The van der Waals surface area contributed by atoms with Gasteiger partial charge in [0.25, 0.3) is 5.91 Å². The molecule has 4 rings (SSSR count). The molecule has 0 spiro atoms. The van der Waals surface area contributed by atoms with Gasteiger partial charge in [0.05, 0.1) is 20.1 Å². The smallest absolute Gasteiger partial charge is 0.311 e. The van der Waals surface area contributed by atoms with Crippen LogP contribution in [0.3, 0.4) is 0 Å². The first-order valence-electron chi connectivity index (χ1n) is 11.8. The summed E-state index contributed by atoms with van der Waals surface area (Å²) in [5, 5.41) is 7.70. The Kier molecular flexibility index (Phi) is 7.63. The molecule has 1 fully saturated rings. The number of nitrogen functional groups attached to an aromatic ring is 1. The number of pyridine rings is 1. The van der Waals surface area contributed by atoms with E-state index in [2.05, 4.69) is 4.98 Å². The Balaban J connectivity index is 1.54. The number of carbonyl (C=O) groups excluding carboxylic acids is 2. The average molecular weight is 487 g/mol. The number of carbonyl (C=O) groups is 2. The molecule has 2 aromatic carbocycles. The number of hydrogen-bond donors (Lipinski definition) is 2. The van der Waals surface area contributed by atoms with Gasteiger partial charge in [-0.25, -0.2) is 4.98 Å². The van der Waals surface area contributed by atoms with Gasteiger partial charge in [-0.2, -0.15) is 0 Å². The van der Waals surface area contributed by atoms with Gasteiger partial charge in [-0.3, -0.25) is 15.0 Å². The van der Waals surface area contributed by atoms with Gasteiger partial charge >= 0.3 is 5.97 Å². The molecule has 1 aromatic heterocycles. The Morgan fingerprint density at radius 2 is 1.83 bits per heavy atom. The molecular weight excluding hydrogens is 456 g/mol. The van der Waals surface area contributed by atoms with Crippen molar-refractivity contribution in [3.63, 3.8) is 0 Å². The van der Waals surface area contributed by atoms with E-state index in [0.717, 1.165) is 23.1 Å². The van der Waals surface area contributed by atoms with Gasteiger partial charge in [0.1, 0.15) is 5.84 Å². The summed E-state index contributed by atoms with van der Waals surface area (Å²) in [6, 6.07) is 18.1. The van der Waals surface area contributed by atoms with Gasteiger partial charge in [0.15, 0.2) is 0 Å². The lowest BCUT2D eigenvalue weighted by atomic mass is 9.89. The van der Waals surface area contributed by atoms with Crippen molar-refractivity contribution in [3.8, 4) is 17.0 Å². The predicted molar refractivity (Wildman–Crippen MR) is 137 cm³/mol. The fourth-order valence-electron chi connectivity index (χ4n) is 4.75. The van der Waals surface area contributed by atoms with Crippen molar-refractivity contribution in [1.82, 2.24) is 9.88 Å². The molecule has 1 aliphatic rings. The highest BCUT2D eigenvalue weighted by atomic mass is 16.5. The maximum atomic E-state index is 13.5. The summed E-state index contributed by atoms with van der Waals surface area (Å²) >= 11 is 0. The molecule has 8 heteroatoms. The minimum Gasteiger partial charge on any atom is -0.481 e. The van der Waals surface area contributed by atoms with E-state index in [9.17, 15) is 9.59 Å². The summed E-state index contributed by atoms with van der Waals surface area (Å²) in [6.45, 7) is 0.578. The Bertz CT molecular complexity index is 1240. The van der Waals surface area contributed by atoms with Gasteiger partial charge in [-0.15, -0.1) is 0 Å². The molecule has 0 radical (unpaired) electrons. The number of nitrogens with one attached hydrogen (secondary N) is 1. The van der Waals surface area contributed by atoms with Crippen LogP contribution in [0.15, 0.2) is 66.9 Å². The number of nitrogens with two attached hydrogens (primary N) is 1. The molecule has 8 nitrogen and oxygen atoms in total. The number of rotatable bonds is 8. The van der Waals surface area contributed by atoms with Gasteiger partial charge in [0.2, 0.25) is 5.88 Å². The van der Waals surface area contributed by atoms with Gasteiger partial charge < -0.3 is 20.1 Å². The number of amidine groups is 1. The number of nitrogens with zero attached hydrogens (tertiary/aromatic N) is 2. The number of benzene rings is 2. The van der Waals surface area contributed by atoms with Crippen molar-refractivity contribution in [3.05, 3.63) is 83.6 Å². The minimum absolute atomic E-state index is 0.0296. The molecule has 1 amide bonds. The summed E-state index contributed by atoms with van der Waals surface area (Å²) in [5.74, 6) is -0.469. The molecule has 0 aliphatic carbocycles. The Hall–Kier alpha value is -4.20. The second-order valence-corrected chi connectivity index (χ2v) is 8.82. The lowest BCUT2D eigenvalue weighted by Crippen LogP contribution is -2.44. The van der Waals surface area contributed by atoms with E-state index >= 15 is 0 Å². The number of methoxy groups -OCH3 is 2. The molecule has 3 aromatic rings. The summed E-state index contributed by atoms with van der Waals surface area (Å²) in [7, 11) is 2.94. The van der Waals surface area contributed by atoms with Crippen molar-refractivity contribution in [2.75, 3.05) is 20.8 Å². The van der Waals surface area contributed by atoms with Crippen molar-refractivity contribution in [1.29, 1.82) is 5.41 Å². The third-order valence-corrected chi connectivity index (χ3v) is 6.63. The number of aromatic nitrogens is 1. The quantitative estimate of drug-likeness (QED) is 0.285. The molecule has 0 saturated carbocycles. The summed E-state index contributed by atoms with van der Waals surface area (Å²) in [5.41, 5.74) is 9.54.